The van der Waals surface area contributed by atoms with Crippen LogP contribution in [0, 0.1) is 28.1 Å². The Bertz CT molecular complexity index is 1040. The first-order valence-electron chi connectivity index (χ1n) is 9.65. The molecule has 31 heavy (non-hydrogen) atoms. The molecule has 1 N–H and O–H groups in total. The van der Waals surface area contributed by atoms with Gasteiger partial charge in [-0.25, -0.2) is 4.79 Å². The lowest BCUT2D eigenvalue weighted by Crippen LogP contribution is -2.28. The summed E-state index contributed by atoms with van der Waals surface area (Å²) in [5.41, 5.74) is -1.55. The van der Waals surface area contributed by atoms with E-state index in [0.717, 1.165) is 0 Å². The highest BCUT2D eigenvalue weighted by molar-refractivity contribution is 9.09. The summed E-state index contributed by atoms with van der Waals surface area (Å²) >= 11 is 3.01. The number of hydrogen-bond acceptors (Lipinski definition) is 5. The van der Waals surface area contributed by atoms with Crippen molar-refractivity contribution in [2.24, 2.45) is 16.7 Å². The standard InChI is InChI=1S/C24H22BrNO5/c1-23(2)20(11-12-21(27)30-15-25)24(23,22(28)29)19(14-26)16-7-6-10-18(13-16)31-17-8-4-3-5-9-17/h3-13,19-20H,15H2,1-2H3,(H,28,29)/t19?,20-,24+/m0/s1. The molecule has 0 spiro atoms. The summed E-state index contributed by atoms with van der Waals surface area (Å²) in [4.78, 5) is 24.2. The number of nitrogens with zero attached hydrogens (tertiary/aromatic N) is 1. The molecule has 6 nitrogen and oxygen atoms in total. The maximum absolute atomic E-state index is 12.5. The van der Waals surface area contributed by atoms with Gasteiger partial charge in [0.25, 0.3) is 0 Å². The Kier molecular flexibility index (Phi) is 6.51. The van der Waals surface area contributed by atoms with E-state index in [9.17, 15) is 20.0 Å². The molecule has 1 aliphatic rings. The lowest BCUT2D eigenvalue weighted by Gasteiger charge is -2.22. The highest BCUT2D eigenvalue weighted by Crippen LogP contribution is 2.75. The number of rotatable bonds is 8. The third kappa shape index (κ3) is 4.08. The number of benzene rings is 2. The van der Waals surface area contributed by atoms with Crippen molar-refractivity contribution >= 4 is 27.9 Å². The van der Waals surface area contributed by atoms with Gasteiger partial charge in [-0.05, 0) is 51.2 Å². The van der Waals surface area contributed by atoms with Gasteiger partial charge in [-0.1, -0.05) is 50.3 Å². The zero-order valence-electron chi connectivity index (χ0n) is 17.1. The van der Waals surface area contributed by atoms with E-state index in [1.807, 2.05) is 30.3 Å². The first kappa shape index (κ1) is 22.6. The lowest BCUT2D eigenvalue weighted by atomic mass is 9.78. The minimum atomic E-state index is -1.39. The molecule has 0 saturated heterocycles. The molecule has 0 heterocycles. The second kappa shape index (κ2) is 8.94. The van der Waals surface area contributed by atoms with Crippen LogP contribution in [0.1, 0.15) is 25.3 Å². The van der Waals surface area contributed by atoms with Gasteiger partial charge in [0.05, 0.1) is 12.0 Å². The Morgan fingerprint density at radius 3 is 2.48 bits per heavy atom. The SMILES string of the molecule is CC1(C)[C@H](C=CC(=O)OCBr)[C@@]1(C(=O)O)C(C#N)c1cccc(Oc2ccccc2)c1. The molecule has 160 valence electrons. The number of esters is 1. The Balaban J connectivity index is 1.96. The molecule has 1 aliphatic carbocycles. The molecule has 0 radical (unpaired) electrons. The Hall–Kier alpha value is -3.11. The average Bonchev–Trinajstić information content (AvgIpc) is 3.24. The molecule has 0 bridgehead atoms. The van der Waals surface area contributed by atoms with Crippen LogP contribution in [-0.4, -0.2) is 22.6 Å². The molecule has 1 unspecified atom stereocenters. The molecule has 2 aromatic carbocycles. The molecule has 3 atom stereocenters. The van der Waals surface area contributed by atoms with Crippen molar-refractivity contribution in [3.05, 3.63) is 72.3 Å². The largest absolute Gasteiger partial charge is 0.481 e. The maximum Gasteiger partial charge on any atom is 0.331 e. The number of alkyl halides is 1. The monoisotopic (exact) mass is 483 g/mol. The van der Waals surface area contributed by atoms with Crippen LogP contribution in [0.2, 0.25) is 0 Å². The molecule has 1 saturated carbocycles. The van der Waals surface area contributed by atoms with Crippen LogP contribution in [0.25, 0.3) is 0 Å². The van der Waals surface area contributed by atoms with Crippen molar-refractivity contribution in [1.82, 2.24) is 0 Å². The lowest BCUT2D eigenvalue weighted by molar-refractivity contribution is -0.145. The van der Waals surface area contributed by atoms with Crippen LogP contribution in [-0.2, 0) is 14.3 Å². The minimum absolute atomic E-state index is 0.0450. The summed E-state index contributed by atoms with van der Waals surface area (Å²) in [7, 11) is 0. The van der Waals surface area contributed by atoms with Crippen LogP contribution in [0.4, 0.5) is 0 Å². The smallest absolute Gasteiger partial charge is 0.331 e. The van der Waals surface area contributed by atoms with Crippen molar-refractivity contribution in [2.75, 3.05) is 5.52 Å². The number of allylic oxidation sites excluding steroid dienone is 1. The minimum Gasteiger partial charge on any atom is -0.481 e. The maximum atomic E-state index is 12.5. The van der Waals surface area contributed by atoms with Crippen molar-refractivity contribution in [3.63, 3.8) is 0 Å². The number of aliphatic carboxylic acids is 1. The van der Waals surface area contributed by atoms with Crippen molar-refractivity contribution in [2.45, 2.75) is 19.8 Å². The van der Waals surface area contributed by atoms with E-state index < -0.39 is 34.6 Å². The predicted molar refractivity (Wildman–Crippen MR) is 118 cm³/mol. The fraction of sp³-hybridized carbons (Fsp3) is 0.292. The van der Waals surface area contributed by atoms with Crippen LogP contribution in [0.3, 0.4) is 0 Å². The Labute approximate surface area is 189 Å². The summed E-state index contributed by atoms with van der Waals surface area (Å²) in [5, 5.41) is 20.2. The fourth-order valence-electron chi connectivity index (χ4n) is 4.41. The zero-order valence-corrected chi connectivity index (χ0v) is 18.7. The normalized spacial score (nSPS) is 22.3. The van der Waals surface area contributed by atoms with E-state index in [1.165, 1.54) is 12.2 Å². The van der Waals surface area contributed by atoms with E-state index in [0.29, 0.717) is 17.1 Å². The number of nitriles is 1. The first-order valence-corrected chi connectivity index (χ1v) is 10.8. The van der Waals surface area contributed by atoms with Gasteiger partial charge >= 0.3 is 11.9 Å². The number of carboxylic acids is 1. The van der Waals surface area contributed by atoms with Crippen molar-refractivity contribution in [1.29, 1.82) is 5.26 Å². The van der Waals surface area contributed by atoms with E-state index in [4.69, 9.17) is 9.47 Å². The zero-order chi connectivity index (χ0) is 22.6. The third-order valence-electron chi connectivity index (χ3n) is 5.98. The van der Waals surface area contributed by atoms with E-state index in [-0.39, 0.29) is 5.52 Å². The predicted octanol–water partition coefficient (Wildman–Crippen LogP) is 5.26. The fourth-order valence-corrected chi connectivity index (χ4v) is 4.64. The number of hydrogen-bond donors (Lipinski definition) is 1. The summed E-state index contributed by atoms with van der Waals surface area (Å²) in [6, 6.07) is 18.3. The highest BCUT2D eigenvalue weighted by atomic mass is 79.9. The van der Waals surface area contributed by atoms with E-state index in [1.54, 1.807) is 38.1 Å². The number of para-hydroxylation sites is 1. The van der Waals surface area contributed by atoms with Gasteiger partial charge in [0, 0.05) is 12.0 Å². The van der Waals surface area contributed by atoms with Crippen molar-refractivity contribution < 1.29 is 24.2 Å². The molecule has 1 fully saturated rings. The Morgan fingerprint density at radius 1 is 1.19 bits per heavy atom. The van der Waals surface area contributed by atoms with Gasteiger partial charge in [0.15, 0.2) is 0 Å². The molecule has 0 aromatic heterocycles. The van der Waals surface area contributed by atoms with Crippen LogP contribution in [0.15, 0.2) is 66.7 Å². The summed E-state index contributed by atoms with van der Waals surface area (Å²) < 4.78 is 10.7. The Morgan fingerprint density at radius 2 is 1.87 bits per heavy atom. The number of carbonyl (C=O) groups is 2. The molecule has 0 amide bonds. The highest BCUT2D eigenvalue weighted by Gasteiger charge is 2.78. The average molecular weight is 484 g/mol. The van der Waals surface area contributed by atoms with Gasteiger partial charge in [0.2, 0.25) is 0 Å². The molecular formula is C24H22BrNO5. The van der Waals surface area contributed by atoms with Gasteiger partial charge in [-0.3, -0.25) is 4.79 Å². The molecule has 0 aliphatic heterocycles. The van der Waals surface area contributed by atoms with Crippen LogP contribution < -0.4 is 4.74 Å². The summed E-state index contributed by atoms with van der Waals surface area (Å²) in [6.45, 7) is 3.58. The quantitative estimate of drug-likeness (QED) is 0.312. The summed E-state index contributed by atoms with van der Waals surface area (Å²) in [6.07, 6.45) is 2.76. The number of carbonyl (C=O) groups excluding carboxylic acids is 1. The third-order valence-corrected chi connectivity index (χ3v) is 6.21. The molecular weight excluding hydrogens is 462 g/mol. The van der Waals surface area contributed by atoms with E-state index in [2.05, 4.69) is 22.0 Å². The van der Waals surface area contributed by atoms with E-state index >= 15 is 0 Å². The molecule has 3 rings (SSSR count). The number of ether oxygens (including phenoxy) is 2. The summed E-state index contributed by atoms with van der Waals surface area (Å²) in [5.74, 6) is -1.98. The van der Waals surface area contributed by atoms with Gasteiger partial charge in [-0.2, -0.15) is 5.26 Å². The first-order chi connectivity index (χ1) is 14.8. The van der Waals surface area contributed by atoms with Gasteiger partial charge in [0.1, 0.15) is 22.4 Å². The van der Waals surface area contributed by atoms with Gasteiger partial charge < -0.3 is 14.6 Å². The second-order valence-electron chi connectivity index (χ2n) is 7.85. The molecule has 2 aromatic rings. The number of halogens is 1. The number of carboxylic acid groups (broad SMARTS) is 1. The van der Waals surface area contributed by atoms with Crippen LogP contribution >= 0.6 is 15.9 Å². The van der Waals surface area contributed by atoms with Crippen LogP contribution in [0.5, 0.6) is 11.5 Å². The van der Waals surface area contributed by atoms with Crippen molar-refractivity contribution in [3.8, 4) is 17.6 Å². The molecule has 7 heteroatoms. The topological polar surface area (TPSA) is 96.6 Å². The second-order valence-corrected chi connectivity index (χ2v) is 8.31. The van der Waals surface area contributed by atoms with Gasteiger partial charge in [-0.15, -0.1) is 0 Å².